The largest absolute Gasteiger partial charge is 0.497 e. The van der Waals surface area contributed by atoms with Crippen LogP contribution < -0.4 is 4.74 Å². The smallest absolute Gasteiger partial charge is 0.243 e. The van der Waals surface area contributed by atoms with Crippen LogP contribution in [0.5, 0.6) is 5.75 Å². The molecule has 4 heteroatoms. The Balaban J connectivity index is 1.73. The molecule has 1 aromatic heterocycles. The first-order chi connectivity index (χ1) is 14.9. The minimum Gasteiger partial charge on any atom is -0.497 e. The van der Waals surface area contributed by atoms with E-state index < -0.39 is 0 Å². The molecule has 0 radical (unpaired) electrons. The molecule has 1 aliphatic carbocycles. The van der Waals surface area contributed by atoms with Gasteiger partial charge in [0.15, 0.2) is 0 Å². The summed E-state index contributed by atoms with van der Waals surface area (Å²) < 4.78 is 7.88. The summed E-state index contributed by atoms with van der Waals surface area (Å²) in [6.45, 7) is 9.64. The van der Waals surface area contributed by atoms with Gasteiger partial charge in [0.25, 0.3) is 0 Å². The van der Waals surface area contributed by atoms with E-state index in [-0.39, 0.29) is 5.41 Å². The first-order valence-electron chi connectivity index (χ1n) is 12.4. The summed E-state index contributed by atoms with van der Waals surface area (Å²) in [5.41, 5.74) is 4.25. The molecule has 0 saturated carbocycles. The van der Waals surface area contributed by atoms with Crippen molar-refractivity contribution in [3.63, 3.8) is 0 Å². The van der Waals surface area contributed by atoms with Crippen molar-refractivity contribution in [2.75, 3.05) is 7.11 Å². The van der Waals surface area contributed by atoms with Gasteiger partial charge in [-0.3, -0.25) is 4.79 Å². The fourth-order valence-electron chi connectivity index (χ4n) is 6.07. The topological polar surface area (TPSA) is 34.5 Å². The maximum absolute atomic E-state index is 13.8. The summed E-state index contributed by atoms with van der Waals surface area (Å²) in [5.74, 6) is 1.17. The van der Waals surface area contributed by atoms with Crippen molar-refractivity contribution in [1.29, 1.82) is 0 Å². The molecule has 4 nitrogen and oxygen atoms in total. The monoisotopic (exact) mass is 424 g/mol. The number of methoxy groups -OCH3 is 1. The Bertz CT molecular complexity index is 928. The Morgan fingerprint density at radius 2 is 1.81 bits per heavy atom. The summed E-state index contributed by atoms with van der Waals surface area (Å²) in [7, 11) is 1.72. The average molecular weight is 425 g/mol. The molecule has 4 rings (SSSR count). The van der Waals surface area contributed by atoms with Crippen LogP contribution in [0.15, 0.2) is 18.2 Å². The summed E-state index contributed by atoms with van der Waals surface area (Å²) in [5, 5.41) is 1.30. The molecule has 2 heterocycles. The van der Waals surface area contributed by atoms with Crippen molar-refractivity contribution in [3.05, 3.63) is 29.5 Å². The summed E-state index contributed by atoms with van der Waals surface area (Å²) in [4.78, 5) is 16.1. The number of aryl methyl sites for hydroxylation is 1. The Kier molecular flexibility index (Phi) is 6.37. The number of fused-ring (bicyclic) bond motifs is 3. The molecule has 31 heavy (non-hydrogen) atoms. The fraction of sp³-hybridized carbons (Fsp3) is 0.667. The lowest BCUT2D eigenvalue weighted by Gasteiger charge is -2.33. The predicted molar refractivity (Wildman–Crippen MR) is 128 cm³/mol. The lowest BCUT2D eigenvalue weighted by Crippen LogP contribution is -2.43. The molecular formula is C27H40N2O2. The van der Waals surface area contributed by atoms with E-state index in [4.69, 9.17) is 4.74 Å². The third kappa shape index (κ3) is 4.23. The first kappa shape index (κ1) is 22.2. The number of likely N-dealkylation sites (tertiary alicyclic amines) is 1. The standard InChI is InChI=1S/C27H40N2O2/c1-6-8-19-10-11-20(9-7-2)29(19)26(30)18-28-24-16-21(31-5)12-13-22(24)23-14-15-27(3,4)17-25(23)28/h12-13,16,19-20H,6-11,14-15,17-18H2,1-5H3. The van der Waals surface area contributed by atoms with Crippen molar-refractivity contribution in [2.24, 2.45) is 5.41 Å². The first-order valence-corrected chi connectivity index (χ1v) is 12.4. The minimum absolute atomic E-state index is 0.273. The van der Waals surface area contributed by atoms with Crippen molar-refractivity contribution < 1.29 is 9.53 Å². The SMILES string of the molecule is CCCC1CCC(CCC)N1C(=O)Cn1c2c(c3ccc(OC)cc31)CCC(C)(C)C2. The number of nitrogens with zero attached hydrogens (tertiary/aromatic N) is 2. The highest BCUT2D eigenvalue weighted by Crippen LogP contribution is 2.41. The predicted octanol–water partition coefficient (Wildman–Crippen LogP) is 6.12. The van der Waals surface area contributed by atoms with Crippen LogP contribution >= 0.6 is 0 Å². The van der Waals surface area contributed by atoms with Gasteiger partial charge in [0, 0.05) is 29.2 Å². The summed E-state index contributed by atoms with van der Waals surface area (Å²) >= 11 is 0. The summed E-state index contributed by atoms with van der Waals surface area (Å²) in [6.07, 6.45) is 10.2. The normalized spacial score (nSPS) is 22.7. The van der Waals surface area contributed by atoms with E-state index in [2.05, 4.69) is 55.4 Å². The number of rotatable bonds is 7. The fourth-order valence-corrected chi connectivity index (χ4v) is 6.07. The van der Waals surface area contributed by atoms with E-state index >= 15 is 0 Å². The number of carbonyl (C=O) groups is 1. The van der Waals surface area contributed by atoms with Gasteiger partial charge in [-0.15, -0.1) is 0 Å². The second-order valence-electron chi connectivity index (χ2n) is 10.5. The van der Waals surface area contributed by atoms with E-state index in [1.807, 2.05) is 0 Å². The van der Waals surface area contributed by atoms with E-state index in [1.54, 1.807) is 7.11 Å². The molecule has 2 atom stereocenters. The lowest BCUT2D eigenvalue weighted by molar-refractivity contribution is -0.135. The molecule has 1 aromatic carbocycles. The van der Waals surface area contributed by atoms with Crippen LogP contribution in [0, 0.1) is 5.41 Å². The van der Waals surface area contributed by atoms with Crippen molar-refractivity contribution in [2.45, 2.75) is 104 Å². The number of carbonyl (C=O) groups excluding carboxylic acids is 1. The van der Waals surface area contributed by atoms with Crippen LogP contribution in [0.2, 0.25) is 0 Å². The molecule has 2 aromatic rings. The van der Waals surface area contributed by atoms with E-state index in [0.717, 1.165) is 62.6 Å². The minimum atomic E-state index is 0.273. The van der Waals surface area contributed by atoms with Crippen LogP contribution in [-0.2, 0) is 24.2 Å². The molecular weight excluding hydrogens is 384 g/mol. The second-order valence-corrected chi connectivity index (χ2v) is 10.5. The number of hydrogen-bond donors (Lipinski definition) is 0. The van der Waals surface area contributed by atoms with Crippen molar-refractivity contribution in [1.82, 2.24) is 9.47 Å². The third-order valence-electron chi connectivity index (χ3n) is 7.64. The Morgan fingerprint density at radius 1 is 1.13 bits per heavy atom. The highest BCUT2D eigenvalue weighted by Gasteiger charge is 2.37. The Labute approximate surface area is 187 Å². The molecule has 170 valence electrons. The average Bonchev–Trinajstić information content (AvgIpc) is 3.26. The van der Waals surface area contributed by atoms with Gasteiger partial charge in [0.2, 0.25) is 5.91 Å². The van der Waals surface area contributed by atoms with Gasteiger partial charge in [-0.25, -0.2) is 0 Å². The Hall–Kier alpha value is -1.97. The quantitative estimate of drug-likeness (QED) is 0.536. The van der Waals surface area contributed by atoms with Gasteiger partial charge in [0.05, 0.1) is 12.6 Å². The van der Waals surface area contributed by atoms with Crippen LogP contribution in [0.25, 0.3) is 10.9 Å². The van der Waals surface area contributed by atoms with Gasteiger partial charge >= 0.3 is 0 Å². The van der Waals surface area contributed by atoms with Crippen molar-refractivity contribution >= 4 is 16.8 Å². The zero-order valence-corrected chi connectivity index (χ0v) is 20.2. The van der Waals surface area contributed by atoms with E-state index in [0.29, 0.717) is 24.5 Å². The third-order valence-corrected chi connectivity index (χ3v) is 7.64. The van der Waals surface area contributed by atoms with Gasteiger partial charge < -0.3 is 14.2 Å². The number of ether oxygens (including phenoxy) is 1. The van der Waals surface area contributed by atoms with Gasteiger partial charge in [-0.1, -0.05) is 40.5 Å². The number of hydrogen-bond acceptors (Lipinski definition) is 2. The van der Waals surface area contributed by atoms with Crippen LogP contribution in [0.3, 0.4) is 0 Å². The van der Waals surface area contributed by atoms with Crippen LogP contribution in [0.1, 0.15) is 83.9 Å². The molecule has 0 N–H and O–H groups in total. The van der Waals surface area contributed by atoms with Crippen molar-refractivity contribution in [3.8, 4) is 5.75 Å². The molecule has 2 unspecified atom stereocenters. The zero-order valence-electron chi connectivity index (χ0n) is 20.2. The molecule has 1 amide bonds. The number of benzene rings is 1. The Morgan fingerprint density at radius 3 is 2.42 bits per heavy atom. The highest BCUT2D eigenvalue weighted by molar-refractivity contribution is 5.89. The maximum atomic E-state index is 13.8. The second kappa shape index (κ2) is 8.88. The molecule has 0 spiro atoms. The van der Waals surface area contributed by atoms with Crippen LogP contribution in [-0.4, -0.2) is 34.6 Å². The molecule has 2 aliphatic rings. The number of amides is 1. The molecule has 1 fully saturated rings. The van der Waals surface area contributed by atoms with E-state index in [9.17, 15) is 4.79 Å². The maximum Gasteiger partial charge on any atom is 0.243 e. The van der Waals surface area contributed by atoms with Gasteiger partial charge in [-0.05, 0) is 68.1 Å². The highest BCUT2D eigenvalue weighted by atomic mass is 16.5. The molecule has 0 bridgehead atoms. The molecule has 1 saturated heterocycles. The number of aromatic nitrogens is 1. The lowest BCUT2D eigenvalue weighted by atomic mass is 9.76. The molecule has 1 aliphatic heterocycles. The van der Waals surface area contributed by atoms with Crippen LogP contribution in [0.4, 0.5) is 0 Å². The van der Waals surface area contributed by atoms with Gasteiger partial charge in [-0.2, -0.15) is 0 Å². The van der Waals surface area contributed by atoms with E-state index in [1.165, 1.54) is 23.1 Å². The zero-order chi connectivity index (χ0) is 22.2. The van der Waals surface area contributed by atoms with Gasteiger partial charge in [0.1, 0.15) is 12.3 Å². The summed E-state index contributed by atoms with van der Waals surface area (Å²) in [6, 6.07) is 7.21.